The number of hydrogen-bond donors (Lipinski definition) is 1. The van der Waals surface area contributed by atoms with Crippen molar-refractivity contribution >= 4 is 11.6 Å². The highest BCUT2D eigenvalue weighted by Gasteiger charge is 2.15. The van der Waals surface area contributed by atoms with Gasteiger partial charge in [0.1, 0.15) is 0 Å². The largest absolute Gasteiger partial charge is 0.375 e. The minimum absolute atomic E-state index is 0.556. The van der Waals surface area contributed by atoms with E-state index in [-0.39, 0.29) is 0 Å². The summed E-state index contributed by atoms with van der Waals surface area (Å²) in [5.74, 6) is 0.685. The molecule has 0 saturated carbocycles. The molecule has 2 heterocycles. The van der Waals surface area contributed by atoms with Crippen molar-refractivity contribution in [3.8, 4) is 0 Å². The van der Waals surface area contributed by atoms with Gasteiger partial charge in [0.2, 0.25) is 0 Å². The van der Waals surface area contributed by atoms with E-state index in [1.807, 2.05) is 14.0 Å². The number of piperidine rings is 1. The first kappa shape index (κ1) is 12.9. The highest BCUT2D eigenvalue weighted by molar-refractivity contribution is 6.31. The summed E-state index contributed by atoms with van der Waals surface area (Å²) < 4.78 is 7.57. The molecule has 17 heavy (non-hydrogen) atoms. The highest BCUT2D eigenvalue weighted by atomic mass is 35.5. The first-order chi connectivity index (χ1) is 8.18. The van der Waals surface area contributed by atoms with Gasteiger partial charge in [0.15, 0.2) is 0 Å². The number of hydrogen-bond acceptors (Lipinski definition) is 3. The fourth-order valence-corrected chi connectivity index (χ4v) is 2.42. The van der Waals surface area contributed by atoms with E-state index in [4.69, 9.17) is 16.3 Å². The molecule has 0 radical (unpaired) electrons. The van der Waals surface area contributed by atoms with Gasteiger partial charge in [-0.1, -0.05) is 11.6 Å². The minimum Gasteiger partial charge on any atom is -0.375 e. The number of nitrogens with one attached hydrogen (secondary N) is 1. The van der Waals surface area contributed by atoms with Crippen LogP contribution in [0, 0.1) is 12.8 Å². The Labute approximate surface area is 107 Å². The third kappa shape index (κ3) is 3.21. The number of nitrogens with zero attached hydrogens (tertiary/aromatic N) is 2. The van der Waals surface area contributed by atoms with Crippen molar-refractivity contribution in [1.82, 2.24) is 15.1 Å². The van der Waals surface area contributed by atoms with Gasteiger partial charge in [-0.15, -0.1) is 0 Å². The smallest absolute Gasteiger partial charge is 0.0900 e. The molecule has 1 aromatic heterocycles. The molecule has 0 unspecified atom stereocenters. The zero-order chi connectivity index (χ0) is 12.3. The maximum Gasteiger partial charge on any atom is 0.0900 e. The Balaban J connectivity index is 1.81. The van der Waals surface area contributed by atoms with Crippen molar-refractivity contribution in [3.63, 3.8) is 0 Å². The zero-order valence-corrected chi connectivity index (χ0v) is 11.3. The van der Waals surface area contributed by atoms with Gasteiger partial charge < -0.3 is 10.1 Å². The van der Waals surface area contributed by atoms with E-state index < -0.39 is 0 Å². The number of aromatic nitrogens is 2. The van der Waals surface area contributed by atoms with Crippen LogP contribution in [-0.4, -0.2) is 29.5 Å². The summed E-state index contributed by atoms with van der Waals surface area (Å²) in [6.45, 7) is 5.51. The summed E-state index contributed by atoms with van der Waals surface area (Å²) in [6.07, 6.45) is 2.41. The second-order valence-electron chi connectivity index (χ2n) is 4.68. The molecule has 5 heteroatoms. The predicted molar refractivity (Wildman–Crippen MR) is 68.2 cm³/mol. The van der Waals surface area contributed by atoms with Crippen LogP contribution in [0.5, 0.6) is 0 Å². The molecular formula is C12H20ClN3O. The molecule has 1 aliphatic rings. The first-order valence-electron chi connectivity index (χ1n) is 6.15. The molecule has 1 aliphatic heterocycles. The SMILES string of the molecule is Cc1nn(C)c(COCC2CCNCC2)c1Cl. The van der Waals surface area contributed by atoms with Gasteiger partial charge in [-0.2, -0.15) is 5.10 Å². The molecule has 96 valence electrons. The summed E-state index contributed by atoms with van der Waals surface area (Å²) in [6, 6.07) is 0. The number of ether oxygens (including phenoxy) is 1. The van der Waals surface area contributed by atoms with Crippen LogP contribution in [0.2, 0.25) is 5.02 Å². The van der Waals surface area contributed by atoms with Crippen molar-refractivity contribution in [1.29, 1.82) is 0 Å². The van der Waals surface area contributed by atoms with Crippen molar-refractivity contribution in [2.45, 2.75) is 26.4 Å². The topological polar surface area (TPSA) is 39.1 Å². The maximum absolute atomic E-state index is 6.16. The Bertz CT molecular complexity index is 372. The predicted octanol–water partition coefficient (Wildman–Crippen LogP) is 1.90. The van der Waals surface area contributed by atoms with Crippen LogP contribution >= 0.6 is 11.6 Å². The third-order valence-electron chi connectivity index (χ3n) is 3.31. The summed E-state index contributed by atoms with van der Waals surface area (Å²) >= 11 is 6.16. The van der Waals surface area contributed by atoms with Crippen LogP contribution in [-0.2, 0) is 18.4 Å². The van der Waals surface area contributed by atoms with Crippen molar-refractivity contribution < 1.29 is 4.74 Å². The number of halogens is 1. The quantitative estimate of drug-likeness (QED) is 0.896. The van der Waals surface area contributed by atoms with E-state index in [1.165, 1.54) is 12.8 Å². The second kappa shape index (κ2) is 5.85. The Hall–Kier alpha value is -0.580. The van der Waals surface area contributed by atoms with Crippen molar-refractivity contribution in [2.75, 3.05) is 19.7 Å². The van der Waals surface area contributed by atoms with Crippen LogP contribution in [0.3, 0.4) is 0 Å². The standard InChI is InChI=1S/C12H20ClN3O/c1-9-12(13)11(16(2)15-9)8-17-7-10-3-5-14-6-4-10/h10,14H,3-8H2,1-2H3. The Morgan fingerprint density at radius 2 is 2.18 bits per heavy atom. The average molecular weight is 258 g/mol. The maximum atomic E-state index is 6.16. The lowest BCUT2D eigenvalue weighted by molar-refractivity contribution is 0.0727. The normalized spacial score (nSPS) is 17.6. The number of rotatable bonds is 4. The summed E-state index contributed by atoms with van der Waals surface area (Å²) in [7, 11) is 1.90. The molecule has 0 aromatic carbocycles. The Morgan fingerprint density at radius 3 is 2.76 bits per heavy atom. The monoisotopic (exact) mass is 257 g/mol. The van der Waals surface area contributed by atoms with E-state index in [1.54, 1.807) is 4.68 Å². The molecule has 1 fully saturated rings. The van der Waals surface area contributed by atoms with Crippen molar-refractivity contribution in [2.24, 2.45) is 13.0 Å². The zero-order valence-electron chi connectivity index (χ0n) is 10.5. The summed E-state index contributed by atoms with van der Waals surface area (Å²) in [5.41, 5.74) is 1.84. The van der Waals surface area contributed by atoms with Gasteiger partial charge in [0, 0.05) is 7.05 Å². The Kier molecular flexibility index (Phi) is 4.42. The summed E-state index contributed by atoms with van der Waals surface area (Å²) in [5, 5.41) is 8.36. The summed E-state index contributed by atoms with van der Waals surface area (Å²) in [4.78, 5) is 0. The first-order valence-corrected chi connectivity index (χ1v) is 6.52. The van der Waals surface area contributed by atoms with Gasteiger partial charge in [0.25, 0.3) is 0 Å². The molecule has 1 aromatic rings. The van der Waals surface area contributed by atoms with E-state index in [2.05, 4.69) is 10.4 Å². The van der Waals surface area contributed by atoms with Crippen LogP contribution in [0.4, 0.5) is 0 Å². The van der Waals surface area contributed by atoms with E-state index in [0.29, 0.717) is 12.5 Å². The van der Waals surface area contributed by atoms with Gasteiger partial charge in [-0.05, 0) is 38.8 Å². The lowest BCUT2D eigenvalue weighted by Crippen LogP contribution is -2.29. The van der Waals surface area contributed by atoms with Gasteiger partial charge >= 0.3 is 0 Å². The highest BCUT2D eigenvalue weighted by Crippen LogP contribution is 2.21. The lowest BCUT2D eigenvalue weighted by Gasteiger charge is -2.22. The van der Waals surface area contributed by atoms with E-state index in [9.17, 15) is 0 Å². The van der Waals surface area contributed by atoms with Crippen LogP contribution in [0.1, 0.15) is 24.2 Å². The lowest BCUT2D eigenvalue weighted by atomic mass is 9.99. The van der Waals surface area contributed by atoms with Crippen LogP contribution < -0.4 is 5.32 Å². The van der Waals surface area contributed by atoms with Gasteiger partial charge in [-0.25, -0.2) is 0 Å². The van der Waals surface area contributed by atoms with Crippen LogP contribution in [0.25, 0.3) is 0 Å². The Morgan fingerprint density at radius 1 is 1.47 bits per heavy atom. The molecule has 2 rings (SSSR count). The average Bonchev–Trinajstić information content (AvgIpc) is 2.57. The van der Waals surface area contributed by atoms with E-state index in [0.717, 1.165) is 36.1 Å². The third-order valence-corrected chi connectivity index (χ3v) is 3.80. The number of aryl methyl sites for hydroxylation is 2. The van der Waals surface area contributed by atoms with Gasteiger partial charge in [0.05, 0.1) is 29.6 Å². The molecule has 0 spiro atoms. The van der Waals surface area contributed by atoms with Crippen molar-refractivity contribution in [3.05, 3.63) is 16.4 Å². The second-order valence-corrected chi connectivity index (χ2v) is 5.06. The molecule has 1 N–H and O–H groups in total. The molecular weight excluding hydrogens is 238 g/mol. The van der Waals surface area contributed by atoms with Crippen LogP contribution in [0.15, 0.2) is 0 Å². The minimum atomic E-state index is 0.556. The molecule has 1 saturated heterocycles. The fraction of sp³-hybridized carbons (Fsp3) is 0.750. The molecule has 0 atom stereocenters. The van der Waals surface area contributed by atoms with E-state index >= 15 is 0 Å². The fourth-order valence-electron chi connectivity index (χ4n) is 2.21. The molecule has 0 aliphatic carbocycles. The molecule has 4 nitrogen and oxygen atoms in total. The molecule has 0 bridgehead atoms. The van der Waals surface area contributed by atoms with Gasteiger partial charge in [-0.3, -0.25) is 4.68 Å². The molecule has 0 amide bonds.